The number of aromatic nitrogens is 1. The molecular formula is C18H15N3. The van der Waals surface area contributed by atoms with Crippen molar-refractivity contribution in [3.05, 3.63) is 72.6 Å². The van der Waals surface area contributed by atoms with Gasteiger partial charge in [-0.05, 0) is 24.3 Å². The average Bonchev–Trinajstić information content (AvgIpc) is 3.03. The number of hydrogen-bond donors (Lipinski definition) is 1. The predicted molar refractivity (Wildman–Crippen MR) is 87.3 cm³/mol. The van der Waals surface area contributed by atoms with Crippen molar-refractivity contribution in [3.8, 4) is 11.1 Å². The normalized spacial score (nSPS) is 13.2. The third-order valence-corrected chi connectivity index (χ3v) is 3.84. The van der Waals surface area contributed by atoms with Crippen molar-refractivity contribution in [1.29, 1.82) is 0 Å². The summed E-state index contributed by atoms with van der Waals surface area (Å²) in [6.07, 6.45) is 1.92. The molecule has 0 bridgehead atoms. The summed E-state index contributed by atoms with van der Waals surface area (Å²) in [6, 6.07) is 20.7. The molecule has 0 saturated heterocycles. The summed E-state index contributed by atoms with van der Waals surface area (Å²) in [5.74, 6) is 0.928. The molecule has 0 radical (unpaired) electrons. The van der Waals surface area contributed by atoms with Crippen LogP contribution in [0.2, 0.25) is 0 Å². The summed E-state index contributed by atoms with van der Waals surface area (Å²) in [4.78, 5) is 10.3. The number of hydrogen-bond acceptors (Lipinski definition) is 2. The third kappa shape index (κ3) is 1.86. The number of nitrogens with zero attached hydrogens (tertiary/aromatic N) is 2. The van der Waals surface area contributed by atoms with Crippen LogP contribution in [0.15, 0.2) is 71.9 Å². The van der Waals surface area contributed by atoms with Crippen LogP contribution in [0.5, 0.6) is 0 Å². The Labute approximate surface area is 123 Å². The molecule has 4 rings (SSSR count). The third-order valence-electron chi connectivity index (χ3n) is 3.84. The van der Waals surface area contributed by atoms with Crippen molar-refractivity contribution in [1.82, 2.24) is 4.98 Å². The molecule has 2 heterocycles. The zero-order valence-electron chi connectivity index (χ0n) is 11.7. The molecule has 0 saturated carbocycles. The highest BCUT2D eigenvalue weighted by atomic mass is 15.2. The van der Waals surface area contributed by atoms with Gasteiger partial charge in [-0.15, -0.1) is 0 Å². The quantitative estimate of drug-likeness (QED) is 0.707. The summed E-state index contributed by atoms with van der Waals surface area (Å²) >= 11 is 0. The van der Waals surface area contributed by atoms with E-state index in [0.29, 0.717) is 0 Å². The lowest BCUT2D eigenvalue weighted by atomic mass is 10.0. The van der Waals surface area contributed by atoms with E-state index in [4.69, 9.17) is 4.99 Å². The second kappa shape index (κ2) is 4.63. The fraction of sp³-hybridized carbons (Fsp3) is 0.0556. The average molecular weight is 273 g/mol. The minimum absolute atomic E-state index is 0.928. The number of benzene rings is 2. The summed E-state index contributed by atoms with van der Waals surface area (Å²) in [6.45, 7) is 0. The molecule has 21 heavy (non-hydrogen) atoms. The van der Waals surface area contributed by atoms with Gasteiger partial charge in [0.05, 0.1) is 17.1 Å². The Morgan fingerprint density at radius 3 is 2.43 bits per heavy atom. The number of rotatable bonds is 1. The van der Waals surface area contributed by atoms with Crippen LogP contribution in [0.4, 0.5) is 11.4 Å². The van der Waals surface area contributed by atoms with Gasteiger partial charge in [0.15, 0.2) is 5.84 Å². The van der Waals surface area contributed by atoms with Gasteiger partial charge < -0.3 is 9.88 Å². The predicted octanol–water partition coefficient (Wildman–Crippen LogP) is 4.21. The molecule has 0 atom stereocenters. The molecule has 1 aromatic heterocycles. The highest BCUT2D eigenvalue weighted by molar-refractivity contribution is 6.13. The highest BCUT2D eigenvalue weighted by Gasteiger charge is 2.21. The number of anilines is 1. The van der Waals surface area contributed by atoms with Crippen LogP contribution >= 0.6 is 0 Å². The maximum atomic E-state index is 4.89. The van der Waals surface area contributed by atoms with Crippen molar-refractivity contribution in [2.45, 2.75) is 0 Å². The second-order valence-corrected chi connectivity index (χ2v) is 5.11. The smallest absolute Gasteiger partial charge is 0.157 e. The number of aliphatic imine (C=N–C) groups is 1. The highest BCUT2D eigenvalue weighted by Crippen LogP contribution is 2.39. The minimum Gasteiger partial charge on any atom is -0.359 e. The number of amidine groups is 1. The molecule has 1 N–H and O–H groups in total. The fourth-order valence-corrected chi connectivity index (χ4v) is 2.81. The Morgan fingerprint density at radius 1 is 0.857 bits per heavy atom. The summed E-state index contributed by atoms with van der Waals surface area (Å²) in [5.41, 5.74) is 5.56. The Hall–Kier alpha value is -2.81. The van der Waals surface area contributed by atoms with Crippen LogP contribution in [0.3, 0.4) is 0 Å². The van der Waals surface area contributed by atoms with Gasteiger partial charge in [0, 0.05) is 24.4 Å². The minimum atomic E-state index is 0.928. The second-order valence-electron chi connectivity index (χ2n) is 5.11. The van der Waals surface area contributed by atoms with Crippen molar-refractivity contribution >= 4 is 17.2 Å². The molecule has 0 aliphatic carbocycles. The standard InChI is InChI=1S/C18H15N3/c1-21-17-11-5-3-8-14(17)13-7-2-4-9-15(13)20-18(21)16-10-6-12-19-16/h2-12,19H,1H3. The molecule has 1 aliphatic rings. The van der Waals surface area contributed by atoms with Crippen LogP contribution in [-0.2, 0) is 0 Å². The van der Waals surface area contributed by atoms with E-state index in [1.807, 2.05) is 24.4 Å². The Bertz CT molecular complexity index is 816. The van der Waals surface area contributed by atoms with Crippen molar-refractivity contribution in [2.75, 3.05) is 11.9 Å². The van der Waals surface area contributed by atoms with Crippen LogP contribution in [0.1, 0.15) is 5.69 Å². The van der Waals surface area contributed by atoms with E-state index < -0.39 is 0 Å². The maximum Gasteiger partial charge on any atom is 0.157 e. The van der Waals surface area contributed by atoms with Gasteiger partial charge in [0.1, 0.15) is 0 Å². The van der Waals surface area contributed by atoms with Crippen molar-refractivity contribution in [2.24, 2.45) is 4.99 Å². The van der Waals surface area contributed by atoms with Gasteiger partial charge in [-0.2, -0.15) is 0 Å². The van der Waals surface area contributed by atoms with Crippen molar-refractivity contribution in [3.63, 3.8) is 0 Å². The maximum absolute atomic E-state index is 4.89. The summed E-state index contributed by atoms with van der Waals surface area (Å²) in [7, 11) is 2.06. The van der Waals surface area contributed by atoms with E-state index in [2.05, 4.69) is 59.4 Å². The molecule has 0 amide bonds. The molecule has 2 aromatic carbocycles. The number of fused-ring (bicyclic) bond motifs is 3. The van der Waals surface area contributed by atoms with Gasteiger partial charge >= 0.3 is 0 Å². The summed E-state index contributed by atoms with van der Waals surface area (Å²) in [5, 5.41) is 0. The number of aromatic amines is 1. The SMILES string of the molecule is CN1C(c2ccc[nH]2)=Nc2ccccc2-c2ccccc21. The Morgan fingerprint density at radius 2 is 1.62 bits per heavy atom. The van der Waals surface area contributed by atoms with Gasteiger partial charge in [-0.3, -0.25) is 0 Å². The lowest BCUT2D eigenvalue weighted by molar-refractivity contribution is 1.23. The Kier molecular flexibility index (Phi) is 2.64. The first-order valence-corrected chi connectivity index (χ1v) is 6.99. The first-order chi connectivity index (χ1) is 10.3. The van der Waals surface area contributed by atoms with E-state index in [9.17, 15) is 0 Å². The fourth-order valence-electron chi connectivity index (χ4n) is 2.81. The lowest BCUT2D eigenvalue weighted by Crippen LogP contribution is -2.27. The molecule has 3 nitrogen and oxygen atoms in total. The van der Waals surface area contributed by atoms with Gasteiger partial charge in [-0.25, -0.2) is 4.99 Å². The van der Waals surface area contributed by atoms with Gasteiger partial charge in [0.25, 0.3) is 0 Å². The molecule has 102 valence electrons. The van der Waals surface area contributed by atoms with Crippen LogP contribution in [-0.4, -0.2) is 17.9 Å². The van der Waals surface area contributed by atoms with Crippen molar-refractivity contribution < 1.29 is 0 Å². The van der Waals surface area contributed by atoms with Crippen LogP contribution in [0.25, 0.3) is 11.1 Å². The molecular weight excluding hydrogens is 258 g/mol. The molecule has 1 aliphatic heterocycles. The van der Waals surface area contributed by atoms with Crippen LogP contribution < -0.4 is 4.90 Å². The van der Waals surface area contributed by atoms with Gasteiger partial charge in [0.2, 0.25) is 0 Å². The van der Waals surface area contributed by atoms with Gasteiger partial charge in [-0.1, -0.05) is 36.4 Å². The molecule has 3 heteroatoms. The lowest BCUT2D eigenvalue weighted by Gasteiger charge is -2.21. The van der Waals surface area contributed by atoms with Crippen LogP contribution in [0, 0.1) is 0 Å². The summed E-state index contributed by atoms with van der Waals surface area (Å²) < 4.78 is 0. The van der Waals surface area contributed by atoms with E-state index in [1.54, 1.807) is 0 Å². The van der Waals surface area contributed by atoms with E-state index in [-0.39, 0.29) is 0 Å². The molecule has 0 unspecified atom stereocenters. The number of nitrogens with one attached hydrogen (secondary N) is 1. The number of para-hydroxylation sites is 2. The van der Waals surface area contributed by atoms with E-state index in [0.717, 1.165) is 22.9 Å². The monoisotopic (exact) mass is 273 g/mol. The zero-order valence-corrected chi connectivity index (χ0v) is 11.7. The molecule has 3 aromatic rings. The zero-order chi connectivity index (χ0) is 14.2. The Balaban J connectivity index is 2.04. The number of H-pyrrole nitrogens is 1. The largest absolute Gasteiger partial charge is 0.359 e. The first kappa shape index (κ1) is 12.0. The molecule has 0 fully saturated rings. The van der Waals surface area contributed by atoms with E-state index >= 15 is 0 Å². The molecule has 0 spiro atoms. The first-order valence-electron chi connectivity index (χ1n) is 6.99. The topological polar surface area (TPSA) is 31.4 Å². The van der Waals surface area contributed by atoms with E-state index in [1.165, 1.54) is 11.1 Å².